The standard InChI is InChI=1S/C10H10BrN3OS/c1-6(9-2-3-14-16-9)15-8-4-7(11)5-13-10(8)12/h2-6H,1H3,(H2,12,13). The van der Waals surface area contributed by atoms with E-state index in [2.05, 4.69) is 25.3 Å². The van der Waals surface area contributed by atoms with Crippen LogP contribution in [0.5, 0.6) is 5.75 Å². The number of anilines is 1. The average molecular weight is 300 g/mol. The highest BCUT2D eigenvalue weighted by atomic mass is 79.9. The SMILES string of the molecule is CC(Oc1cc(Br)cnc1N)c1ccns1. The second-order valence-corrected chi connectivity index (χ2v) is 4.99. The molecule has 2 heterocycles. The fourth-order valence-electron chi connectivity index (χ4n) is 1.21. The topological polar surface area (TPSA) is 61.0 Å². The van der Waals surface area contributed by atoms with Gasteiger partial charge in [0.05, 0.1) is 4.88 Å². The van der Waals surface area contributed by atoms with E-state index in [0.717, 1.165) is 9.35 Å². The molecule has 2 aromatic heterocycles. The van der Waals surface area contributed by atoms with Crippen molar-refractivity contribution in [3.05, 3.63) is 33.9 Å². The van der Waals surface area contributed by atoms with Gasteiger partial charge >= 0.3 is 0 Å². The van der Waals surface area contributed by atoms with Crippen LogP contribution in [0.15, 0.2) is 29.0 Å². The summed E-state index contributed by atoms with van der Waals surface area (Å²) in [5.41, 5.74) is 5.72. The van der Waals surface area contributed by atoms with Gasteiger partial charge in [-0.2, -0.15) is 0 Å². The van der Waals surface area contributed by atoms with Crippen LogP contribution in [0.4, 0.5) is 5.82 Å². The summed E-state index contributed by atoms with van der Waals surface area (Å²) in [7, 11) is 0. The lowest BCUT2D eigenvalue weighted by molar-refractivity contribution is 0.231. The number of hydrogen-bond acceptors (Lipinski definition) is 5. The third-order valence-electron chi connectivity index (χ3n) is 2.01. The van der Waals surface area contributed by atoms with Crippen LogP contribution in [0.25, 0.3) is 0 Å². The van der Waals surface area contributed by atoms with Crippen molar-refractivity contribution in [2.45, 2.75) is 13.0 Å². The van der Waals surface area contributed by atoms with E-state index >= 15 is 0 Å². The molecule has 0 aromatic carbocycles. The highest BCUT2D eigenvalue weighted by Gasteiger charge is 2.11. The average Bonchev–Trinajstić information content (AvgIpc) is 2.76. The minimum Gasteiger partial charge on any atom is -0.481 e. The number of rotatable bonds is 3. The summed E-state index contributed by atoms with van der Waals surface area (Å²) in [4.78, 5) is 5.06. The second-order valence-electron chi connectivity index (χ2n) is 3.21. The Morgan fingerprint density at radius 1 is 1.56 bits per heavy atom. The van der Waals surface area contributed by atoms with E-state index in [-0.39, 0.29) is 6.10 Å². The zero-order valence-corrected chi connectivity index (χ0v) is 11.0. The van der Waals surface area contributed by atoms with Gasteiger partial charge in [-0.1, -0.05) is 0 Å². The van der Waals surface area contributed by atoms with Crippen molar-refractivity contribution in [3.63, 3.8) is 0 Å². The van der Waals surface area contributed by atoms with Crippen LogP contribution < -0.4 is 10.5 Å². The van der Waals surface area contributed by atoms with E-state index in [9.17, 15) is 0 Å². The van der Waals surface area contributed by atoms with Crippen LogP contribution >= 0.6 is 27.5 Å². The van der Waals surface area contributed by atoms with Crippen LogP contribution in [-0.4, -0.2) is 9.36 Å². The number of nitrogens with zero attached hydrogens (tertiary/aromatic N) is 2. The quantitative estimate of drug-likeness (QED) is 0.946. The van der Waals surface area contributed by atoms with Crippen molar-refractivity contribution in [3.8, 4) is 5.75 Å². The smallest absolute Gasteiger partial charge is 0.166 e. The Labute approximate surface area is 106 Å². The molecule has 0 spiro atoms. The van der Waals surface area contributed by atoms with E-state index in [1.165, 1.54) is 11.5 Å². The number of nitrogen functional groups attached to an aromatic ring is 1. The zero-order chi connectivity index (χ0) is 11.5. The summed E-state index contributed by atoms with van der Waals surface area (Å²) in [6, 6.07) is 3.73. The minimum absolute atomic E-state index is 0.0779. The van der Waals surface area contributed by atoms with Crippen molar-refractivity contribution >= 4 is 33.3 Å². The molecule has 1 atom stereocenters. The van der Waals surface area contributed by atoms with Gasteiger partial charge < -0.3 is 10.5 Å². The van der Waals surface area contributed by atoms with Gasteiger partial charge in [0.1, 0.15) is 6.10 Å². The first-order chi connectivity index (χ1) is 7.66. The Balaban J connectivity index is 2.17. The lowest BCUT2D eigenvalue weighted by Crippen LogP contribution is -2.04. The maximum absolute atomic E-state index is 5.72. The van der Waals surface area contributed by atoms with E-state index in [0.29, 0.717) is 11.6 Å². The molecule has 4 nitrogen and oxygen atoms in total. The van der Waals surface area contributed by atoms with E-state index in [1.807, 2.05) is 13.0 Å². The van der Waals surface area contributed by atoms with Gasteiger partial charge in [0.15, 0.2) is 11.6 Å². The van der Waals surface area contributed by atoms with Gasteiger partial charge in [-0.15, -0.1) is 0 Å². The predicted octanol–water partition coefficient (Wildman–Crippen LogP) is 3.02. The molecule has 0 fully saturated rings. The van der Waals surface area contributed by atoms with Crippen LogP contribution in [-0.2, 0) is 0 Å². The molecule has 16 heavy (non-hydrogen) atoms. The largest absolute Gasteiger partial charge is 0.481 e. The highest BCUT2D eigenvalue weighted by Crippen LogP contribution is 2.29. The number of aromatic nitrogens is 2. The lowest BCUT2D eigenvalue weighted by Gasteiger charge is -2.13. The van der Waals surface area contributed by atoms with Crippen molar-refractivity contribution in [1.29, 1.82) is 0 Å². The first-order valence-electron chi connectivity index (χ1n) is 4.65. The third kappa shape index (κ3) is 2.51. The number of ether oxygens (including phenoxy) is 1. The molecule has 2 aromatic rings. The third-order valence-corrected chi connectivity index (χ3v) is 3.35. The van der Waals surface area contributed by atoms with Gasteiger partial charge in [0, 0.05) is 16.9 Å². The van der Waals surface area contributed by atoms with Gasteiger partial charge in [-0.3, -0.25) is 0 Å². The lowest BCUT2D eigenvalue weighted by atomic mass is 10.3. The monoisotopic (exact) mass is 299 g/mol. The first-order valence-corrected chi connectivity index (χ1v) is 6.21. The molecular formula is C10H10BrN3OS. The Bertz CT molecular complexity index is 475. The van der Waals surface area contributed by atoms with Crippen LogP contribution in [0.3, 0.4) is 0 Å². The van der Waals surface area contributed by atoms with E-state index in [4.69, 9.17) is 10.5 Å². The van der Waals surface area contributed by atoms with Gasteiger partial charge in [-0.25, -0.2) is 9.36 Å². The van der Waals surface area contributed by atoms with Crippen molar-refractivity contribution < 1.29 is 4.74 Å². The molecule has 0 aliphatic heterocycles. The van der Waals surface area contributed by atoms with Crippen LogP contribution in [0.1, 0.15) is 17.9 Å². The number of pyridine rings is 1. The number of nitrogens with two attached hydrogens (primary N) is 1. The highest BCUT2D eigenvalue weighted by molar-refractivity contribution is 9.10. The van der Waals surface area contributed by atoms with Crippen molar-refractivity contribution in [2.75, 3.05) is 5.73 Å². The second kappa shape index (κ2) is 4.80. The number of halogens is 1. The summed E-state index contributed by atoms with van der Waals surface area (Å²) in [5, 5.41) is 0. The molecule has 2 rings (SSSR count). The fraction of sp³-hybridized carbons (Fsp3) is 0.200. The molecular weight excluding hydrogens is 290 g/mol. The minimum atomic E-state index is -0.0779. The Morgan fingerprint density at radius 3 is 3.06 bits per heavy atom. The van der Waals surface area contributed by atoms with Crippen LogP contribution in [0.2, 0.25) is 0 Å². The summed E-state index contributed by atoms with van der Waals surface area (Å²) >= 11 is 4.74. The van der Waals surface area contributed by atoms with Crippen molar-refractivity contribution in [2.24, 2.45) is 0 Å². The van der Waals surface area contributed by atoms with Crippen LogP contribution in [0, 0.1) is 0 Å². The summed E-state index contributed by atoms with van der Waals surface area (Å²) in [6.45, 7) is 1.95. The molecule has 0 saturated heterocycles. The molecule has 6 heteroatoms. The Kier molecular flexibility index (Phi) is 3.40. The van der Waals surface area contributed by atoms with Gasteiger partial charge in [-0.05, 0) is 46.5 Å². The predicted molar refractivity (Wildman–Crippen MR) is 67.5 cm³/mol. The molecule has 0 saturated carbocycles. The van der Waals surface area contributed by atoms with Crippen molar-refractivity contribution in [1.82, 2.24) is 9.36 Å². The summed E-state index contributed by atoms with van der Waals surface area (Å²) in [5.74, 6) is 0.967. The molecule has 0 aliphatic carbocycles. The fourth-order valence-corrected chi connectivity index (χ4v) is 2.08. The maximum atomic E-state index is 5.72. The van der Waals surface area contributed by atoms with Gasteiger partial charge in [0.25, 0.3) is 0 Å². The van der Waals surface area contributed by atoms with Gasteiger partial charge in [0.2, 0.25) is 0 Å². The molecule has 0 aliphatic rings. The first kappa shape index (κ1) is 11.3. The molecule has 2 N–H and O–H groups in total. The molecule has 84 valence electrons. The normalized spacial score (nSPS) is 12.4. The molecule has 1 unspecified atom stereocenters. The number of hydrogen-bond donors (Lipinski definition) is 1. The zero-order valence-electron chi connectivity index (χ0n) is 8.55. The Morgan fingerprint density at radius 2 is 2.38 bits per heavy atom. The van der Waals surface area contributed by atoms with E-state index in [1.54, 1.807) is 18.5 Å². The molecule has 0 amide bonds. The summed E-state index contributed by atoms with van der Waals surface area (Å²) in [6.07, 6.45) is 3.31. The Hall–Kier alpha value is -1.14. The maximum Gasteiger partial charge on any atom is 0.166 e. The molecule has 0 radical (unpaired) electrons. The summed E-state index contributed by atoms with van der Waals surface area (Å²) < 4.78 is 10.6. The van der Waals surface area contributed by atoms with E-state index < -0.39 is 0 Å². The molecule has 0 bridgehead atoms.